The molecule has 3 rings (SSSR count). The van der Waals surface area contributed by atoms with Gasteiger partial charge in [-0.05, 0) is 25.8 Å². The second-order valence-corrected chi connectivity index (χ2v) is 6.54. The Morgan fingerprint density at radius 2 is 1.96 bits per heavy atom. The maximum Gasteiger partial charge on any atom is 0.374 e. The highest BCUT2D eigenvalue weighted by atomic mass is 16.5. The Morgan fingerprint density at radius 1 is 1.29 bits per heavy atom. The molecule has 2 heterocycles. The van der Waals surface area contributed by atoms with Gasteiger partial charge in [0.25, 0.3) is 5.91 Å². The molecule has 0 atom stereocenters. The fourth-order valence-electron chi connectivity index (χ4n) is 3.75. The molecule has 1 aromatic heterocycles. The summed E-state index contributed by atoms with van der Waals surface area (Å²) in [7, 11) is 2.97. The zero-order valence-corrected chi connectivity index (χ0v) is 14.3. The van der Waals surface area contributed by atoms with Crippen LogP contribution < -0.4 is 0 Å². The van der Waals surface area contributed by atoms with E-state index in [9.17, 15) is 14.4 Å². The number of carbonyl (C=O) groups is 3. The summed E-state index contributed by atoms with van der Waals surface area (Å²) in [5, 5.41) is 0. The Labute approximate surface area is 140 Å². The summed E-state index contributed by atoms with van der Waals surface area (Å²) >= 11 is 0. The first-order chi connectivity index (χ1) is 11.4. The molecule has 2 fully saturated rings. The monoisotopic (exact) mass is 334 g/mol. The number of esters is 1. The maximum atomic E-state index is 12.9. The number of carbonyl (C=O) groups excluding carboxylic acids is 3. The second-order valence-electron chi connectivity index (χ2n) is 6.54. The maximum absolute atomic E-state index is 12.9. The van der Waals surface area contributed by atoms with Crippen LogP contribution in [-0.4, -0.2) is 47.4 Å². The van der Waals surface area contributed by atoms with Crippen LogP contribution in [0.1, 0.15) is 54.0 Å². The van der Waals surface area contributed by atoms with Crippen molar-refractivity contribution in [1.82, 2.24) is 9.80 Å². The third kappa shape index (κ3) is 2.39. The van der Waals surface area contributed by atoms with Crippen molar-refractivity contribution in [3.05, 3.63) is 23.2 Å². The van der Waals surface area contributed by atoms with Crippen molar-refractivity contribution in [3.8, 4) is 0 Å². The summed E-state index contributed by atoms with van der Waals surface area (Å²) < 4.78 is 10.2. The SMILES string of the molecule is COC(=O)c1oc(CN2C(=O)N(C)C3(CCCCC3)C2=O)cc1C. The quantitative estimate of drug-likeness (QED) is 0.626. The standard InChI is InChI=1S/C17H22N2O5/c1-11-9-12(24-13(11)14(20)23-3)10-19-15(21)17(18(2)16(19)22)7-5-4-6-8-17/h9H,4-8,10H2,1-3H3. The van der Waals surface area contributed by atoms with E-state index in [4.69, 9.17) is 4.42 Å². The predicted octanol–water partition coefficient (Wildman–Crippen LogP) is 2.47. The van der Waals surface area contributed by atoms with Crippen LogP contribution in [0.2, 0.25) is 0 Å². The van der Waals surface area contributed by atoms with Gasteiger partial charge < -0.3 is 14.1 Å². The molecule has 0 aromatic carbocycles. The van der Waals surface area contributed by atoms with Gasteiger partial charge >= 0.3 is 12.0 Å². The van der Waals surface area contributed by atoms with Crippen molar-refractivity contribution in [2.24, 2.45) is 0 Å². The van der Waals surface area contributed by atoms with Gasteiger partial charge in [-0.3, -0.25) is 9.69 Å². The van der Waals surface area contributed by atoms with Gasteiger partial charge in [0.15, 0.2) is 0 Å². The average Bonchev–Trinajstić information content (AvgIpc) is 3.04. The molecule has 0 bridgehead atoms. The molecule has 1 saturated carbocycles. The van der Waals surface area contributed by atoms with Crippen LogP contribution in [0.3, 0.4) is 0 Å². The molecule has 7 nitrogen and oxygen atoms in total. The van der Waals surface area contributed by atoms with Crippen LogP contribution in [0.15, 0.2) is 10.5 Å². The van der Waals surface area contributed by atoms with Crippen LogP contribution in [0, 0.1) is 6.92 Å². The van der Waals surface area contributed by atoms with E-state index in [2.05, 4.69) is 4.74 Å². The van der Waals surface area contributed by atoms with Crippen LogP contribution in [0.4, 0.5) is 4.79 Å². The topological polar surface area (TPSA) is 80.1 Å². The summed E-state index contributed by atoms with van der Waals surface area (Å²) in [4.78, 5) is 39.9. The van der Waals surface area contributed by atoms with Crippen molar-refractivity contribution in [2.45, 2.75) is 51.1 Å². The summed E-state index contributed by atoms with van der Waals surface area (Å²) in [6.07, 6.45) is 4.40. The highest BCUT2D eigenvalue weighted by Gasteiger charge is 2.55. The molecule has 130 valence electrons. The predicted molar refractivity (Wildman–Crippen MR) is 84.3 cm³/mol. The van der Waals surface area contributed by atoms with E-state index in [1.165, 1.54) is 12.0 Å². The molecule has 1 aliphatic heterocycles. The molecule has 24 heavy (non-hydrogen) atoms. The van der Waals surface area contributed by atoms with Crippen molar-refractivity contribution in [3.63, 3.8) is 0 Å². The molecule has 1 aromatic rings. The van der Waals surface area contributed by atoms with Crippen LogP contribution in [0.25, 0.3) is 0 Å². The minimum atomic E-state index is -0.706. The molecule has 1 spiro atoms. The van der Waals surface area contributed by atoms with Gasteiger partial charge in [0.1, 0.15) is 11.3 Å². The summed E-state index contributed by atoms with van der Waals surface area (Å²) in [5.74, 6) is -0.231. The number of amides is 3. The number of nitrogens with zero attached hydrogens (tertiary/aromatic N) is 2. The van der Waals surface area contributed by atoms with E-state index in [1.807, 2.05) is 0 Å². The third-order valence-corrected chi connectivity index (χ3v) is 5.14. The zero-order chi connectivity index (χ0) is 17.5. The molecule has 0 N–H and O–H groups in total. The number of hydrogen-bond acceptors (Lipinski definition) is 5. The van der Waals surface area contributed by atoms with Crippen LogP contribution in [0.5, 0.6) is 0 Å². The minimum absolute atomic E-state index is 0.0294. The van der Waals surface area contributed by atoms with Crippen molar-refractivity contribution in [2.75, 3.05) is 14.2 Å². The molecule has 1 aliphatic carbocycles. The molecule has 7 heteroatoms. The normalized spacial score (nSPS) is 20.1. The molecular weight excluding hydrogens is 312 g/mol. The molecule has 3 amide bonds. The molecule has 1 saturated heterocycles. The van der Waals surface area contributed by atoms with Crippen molar-refractivity contribution >= 4 is 17.9 Å². The molecule has 2 aliphatic rings. The lowest BCUT2D eigenvalue weighted by molar-refractivity contribution is -0.135. The lowest BCUT2D eigenvalue weighted by atomic mass is 9.81. The van der Waals surface area contributed by atoms with Gasteiger partial charge in [-0.2, -0.15) is 0 Å². The Bertz CT molecular complexity index is 687. The van der Waals surface area contributed by atoms with E-state index in [0.717, 1.165) is 19.3 Å². The Balaban J connectivity index is 1.84. The van der Waals surface area contributed by atoms with E-state index in [-0.39, 0.29) is 24.2 Å². The number of furan rings is 1. The third-order valence-electron chi connectivity index (χ3n) is 5.14. The fraction of sp³-hybridized carbons (Fsp3) is 0.588. The lowest BCUT2D eigenvalue weighted by Gasteiger charge is -2.35. The van der Waals surface area contributed by atoms with E-state index in [1.54, 1.807) is 24.9 Å². The van der Waals surface area contributed by atoms with Gasteiger partial charge in [-0.15, -0.1) is 0 Å². The first kappa shape index (κ1) is 16.5. The van der Waals surface area contributed by atoms with Crippen molar-refractivity contribution in [1.29, 1.82) is 0 Å². The van der Waals surface area contributed by atoms with E-state index >= 15 is 0 Å². The fourth-order valence-corrected chi connectivity index (χ4v) is 3.75. The largest absolute Gasteiger partial charge is 0.463 e. The smallest absolute Gasteiger partial charge is 0.374 e. The first-order valence-electron chi connectivity index (χ1n) is 8.18. The highest BCUT2D eigenvalue weighted by molar-refractivity contribution is 6.06. The number of likely N-dealkylation sites (N-methyl/N-ethyl adjacent to an activating group) is 1. The van der Waals surface area contributed by atoms with E-state index in [0.29, 0.717) is 24.2 Å². The van der Waals surface area contributed by atoms with Gasteiger partial charge in [0.2, 0.25) is 5.76 Å². The summed E-state index contributed by atoms with van der Waals surface area (Å²) in [5.41, 5.74) is -0.0843. The van der Waals surface area contributed by atoms with Gasteiger partial charge in [-0.25, -0.2) is 9.59 Å². The summed E-state index contributed by atoms with van der Waals surface area (Å²) in [6.45, 7) is 1.75. The Morgan fingerprint density at radius 3 is 2.58 bits per heavy atom. The Hall–Kier alpha value is -2.31. The lowest BCUT2D eigenvalue weighted by Crippen LogP contribution is -2.49. The number of ether oxygens (including phenoxy) is 1. The zero-order valence-electron chi connectivity index (χ0n) is 14.3. The van der Waals surface area contributed by atoms with Gasteiger partial charge in [-0.1, -0.05) is 19.3 Å². The number of imide groups is 1. The minimum Gasteiger partial charge on any atom is -0.463 e. The van der Waals surface area contributed by atoms with Crippen molar-refractivity contribution < 1.29 is 23.5 Å². The number of urea groups is 1. The van der Waals surface area contributed by atoms with Gasteiger partial charge in [0.05, 0.1) is 13.7 Å². The number of aryl methyl sites for hydroxylation is 1. The van der Waals surface area contributed by atoms with Crippen LogP contribution in [-0.2, 0) is 16.1 Å². The molecular formula is C17H22N2O5. The highest BCUT2D eigenvalue weighted by Crippen LogP contribution is 2.40. The molecule has 0 unspecified atom stereocenters. The number of methoxy groups -OCH3 is 1. The van der Waals surface area contributed by atoms with E-state index < -0.39 is 11.5 Å². The summed E-state index contributed by atoms with van der Waals surface area (Å²) in [6, 6.07) is 1.36. The first-order valence-corrected chi connectivity index (χ1v) is 8.18. The molecule has 0 radical (unpaired) electrons. The average molecular weight is 334 g/mol. The second kappa shape index (κ2) is 5.96. The number of hydrogen-bond donors (Lipinski definition) is 0. The Kier molecular flexibility index (Phi) is 4.11. The number of rotatable bonds is 3. The van der Waals surface area contributed by atoms with Gasteiger partial charge in [0, 0.05) is 12.6 Å². The van der Waals surface area contributed by atoms with Crippen LogP contribution >= 0.6 is 0 Å².